The molecule has 1 saturated heterocycles. The SMILES string of the molecule is COC(C)Cc1ccc(C2CCNC2)cc1. The minimum absolute atomic E-state index is 0.305. The normalized spacial score (nSPS) is 22.2. The second kappa shape index (κ2) is 5.46. The predicted molar refractivity (Wildman–Crippen MR) is 66.8 cm³/mol. The minimum atomic E-state index is 0.305. The van der Waals surface area contributed by atoms with Crippen LogP contribution in [0.2, 0.25) is 0 Å². The summed E-state index contributed by atoms with van der Waals surface area (Å²) in [5.41, 5.74) is 2.84. The highest BCUT2D eigenvalue weighted by molar-refractivity contribution is 5.26. The van der Waals surface area contributed by atoms with Crippen LogP contribution in [-0.4, -0.2) is 26.3 Å². The van der Waals surface area contributed by atoms with Gasteiger partial charge in [0.05, 0.1) is 6.10 Å². The summed E-state index contributed by atoms with van der Waals surface area (Å²) in [5.74, 6) is 0.717. The number of benzene rings is 1. The van der Waals surface area contributed by atoms with Crippen molar-refractivity contribution in [3.8, 4) is 0 Å². The number of ether oxygens (including phenoxy) is 1. The molecule has 0 amide bonds. The van der Waals surface area contributed by atoms with E-state index in [-0.39, 0.29) is 0 Å². The molecule has 0 spiro atoms. The molecule has 2 heteroatoms. The Bertz CT molecular complexity index is 314. The smallest absolute Gasteiger partial charge is 0.0583 e. The molecule has 88 valence electrons. The lowest BCUT2D eigenvalue weighted by atomic mass is 9.96. The third-order valence-electron chi connectivity index (χ3n) is 3.44. The summed E-state index contributed by atoms with van der Waals surface area (Å²) in [7, 11) is 1.77. The van der Waals surface area contributed by atoms with Crippen molar-refractivity contribution in [1.29, 1.82) is 0 Å². The van der Waals surface area contributed by atoms with Crippen molar-refractivity contribution in [3.05, 3.63) is 35.4 Å². The number of rotatable bonds is 4. The van der Waals surface area contributed by atoms with Crippen molar-refractivity contribution >= 4 is 0 Å². The molecule has 2 atom stereocenters. The van der Waals surface area contributed by atoms with Gasteiger partial charge >= 0.3 is 0 Å². The van der Waals surface area contributed by atoms with Gasteiger partial charge in [-0.1, -0.05) is 24.3 Å². The Morgan fingerprint density at radius 3 is 2.69 bits per heavy atom. The quantitative estimate of drug-likeness (QED) is 0.839. The van der Waals surface area contributed by atoms with Crippen molar-refractivity contribution in [2.45, 2.75) is 31.8 Å². The molecule has 2 unspecified atom stereocenters. The molecule has 0 saturated carbocycles. The molecule has 0 aliphatic carbocycles. The standard InChI is InChI=1S/C14H21NO/c1-11(16-2)9-12-3-5-13(6-4-12)14-7-8-15-10-14/h3-6,11,14-15H,7-10H2,1-2H3. The zero-order valence-electron chi connectivity index (χ0n) is 10.2. The molecule has 0 radical (unpaired) electrons. The first-order valence-electron chi connectivity index (χ1n) is 6.12. The third-order valence-corrected chi connectivity index (χ3v) is 3.44. The molecular formula is C14H21NO. The fourth-order valence-electron chi connectivity index (χ4n) is 2.28. The molecule has 0 aromatic heterocycles. The van der Waals surface area contributed by atoms with Crippen LogP contribution in [0.25, 0.3) is 0 Å². The zero-order chi connectivity index (χ0) is 11.4. The number of nitrogens with one attached hydrogen (secondary N) is 1. The van der Waals surface area contributed by atoms with E-state index in [4.69, 9.17) is 4.74 Å². The van der Waals surface area contributed by atoms with Gasteiger partial charge < -0.3 is 10.1 Å². The topological polar surface area (TPSA) is 21.3 Å². The average Bonchev–Trinajstić information content (AvgIpc) is 2.83. The molecule has 1 heterocycles. The van der Waals surface area contributed by atoms with Gasteiger partial charge in [0.15, 0.2) is 0 Å². The van der Waals surface area contributed by atoms with E-state index < -0.39 is 0 Å². The molecule has 0 bridgehead atoms. The first kappa shape index (κ1) is 11.6. The first-order chi connectivity index (χ1) is 7.79. The predicted octanol–water partition coefficient (Wildman–Crippen LogP) is 2.34. The lowest BCUT2D eigenvalue weighted by Crippen LogP contribution is -2.09. The van der Waals surface area contributed by atoms with Crippen LogP contribution >= 0.6 is 0 Å². The monoisotopic (exact) mass is 219 g/mol. The molecule has 16 heavy (non-hydrogen) atoms. The highest BCUT2D eigenvalue weighted by Crippen LogP contribution is 2.22. The van der Waals surface area contributed by atoms with E-state index in [1.165, 1.54) is 17.5 Å². The van der Waals surface area contributed by atoms with Crippen LogP contribution in [0.5, 0.6) is 0 Å². The first-order valence-corrected chi connectivity index (χ1v) is 6.12. The Labute approximate surface area is 98.0 Å². The summed E-state index contributed by atoms with van der Waals surface area (Å²) in [6.07, 6.45) is 2.58. The van der Waals surface area contributed by atoms with Gasteiger partial charge in [-0.05, 0) is 43.4 Å². The van der Waals surface area contributed by atoms with Gasteiger partial charge in [0.25, 0.3) is 0 Å². The van der Waals surface area contributed by atoms with Gasteiger partial charge in [0.1, 0.15) is 0 Å². The molecule has 1 aliphatic rings. The van der Waals surface area contributed by atoms with Crippen LogP contribution < -0.4 is 5.32 Å². The van der Waals surface area contributed by atoms with Crippen LogP contribution in [0, 0.1) is 0 Å². The van der Waals surface area contributed by atoms with Crippen LogP contribution in [0.15, 0.2) is 24.3 Å². The summed E-state index contributed by atoms with van der Waals surface area (Å²) in [6.45, 7) is 4.40. The zero-order valence-corrected chi connectivity index (χ0v) is 10.2. The number of hydrogen-bond donors (Lipinski definition) is 1. The highest BCUT2D eigenvalue weighted by Gasteiger charge is 2.16. The van der Waals surface area contributed by atoms with Crippen molar-refractivity contribution in [2.75, 3.05) is 20.2 Å². The van der Waals surface area contributed by atoms with Crippen LogP contribution in [0.3, 0.4) is 0 Å². The van der Waals surface area contributed by atoms with Crippen molar-refractivity contribution in [1.82, 2.24) is 5.32 Å². The van der Waals surface area contributed by atoms with E-state index in [1.54, 1.807) is 7.11 Å². The van der Waals surface area contributed by atoms with E-state index in [0.29, 0.717) is 12.0 Å². The molecule has 2 rings (SSSR count). The maximum absolute atomic E-state index is 5.27. The Hall–Kier alpha value is -0.860. The van der Waals surface area contributed by atoms with Gasteiger partial charge in [-0.15, -0.1) is 0 Å². The van der Waals surface area contributed by atoms with Gasteiger partial charge in [-0.2, -0.15) is 0 Å². The van der Waals surface area contributed by atoms with Crippen LogP contribution in [0.4, 0.5) is 0 Å². The molecule has 2 nitrogen and oxygen atoms in total. The van der Waals surface area contributed by atoms with Gasteiger partial charge in [-0.3, -0.25) is 0 Å². The van der Waals surface area contributed by atoms with Gasteiger partial charge in [-0.25, -0.2) is 0 Å². The summed E-state index contributed by atoms with van der Waals surface area (Å²) in [4.78, 5) is 0. The minimum Gasteiger partial charge on any atom is -0.381 e. The van der Waals surface area contributed by atoms with E-state index in [2.05, 4.69) is 36.5 Å². The third kappa shape index (κ3) is 2.83. The molecule has 1 aromatic carbocycles. The molecule has 1 aliphatic heterocycles. The van der Waals surface area contributed by atoms with Gasteiger partial charge in [0.2, 0.25) is 0 Å². The molecular weight excluding hydrogens is 198 g/mol. The van der Waals surface area contributed by atoms with E-state index in [0.717, 1.165) is 19.5 Å². The Morgan fingerprint density at radius 2 is 2.12 bits per heavy atom. The summed E-state index contributed by atoms with van der Waals surface area (Å²) in [6, 6.07) is 9.02. The molecule has 1 aromatic rings. The highest BCUT2D eigenvalue weighted by atomic mass is 16.5. The summed E-state index contributed by atoms with van der Waals surface area (Å²) in [5, 5.41) is 3.41. The summed E-state index contributed by atoms with van der Waals surface area (Å²) < 4.78 is 5.27. The van der Waals surface area contributed by atoms with Crippen LogP contribution in [0.1, 0.15) is 30.4 Å². The Morgan fingerprint density at radius 1 is 1.38 bits per heavy atom. The van der Waals surface area contributed by atoms with Crippen LogP contribution in [-0.2, 0) is 11.2 Å². The Balaban J connectivity index is 1.98. The fourth-order valence-corrected chi connectivity index (χ4v) is 2.28. The number of hydrogen-bond acceptors (Lipinski definition) is 2. The van der Waals surface area contributed by atoms with Crippen molar-refractivity contribution < 1.29 is 4.74 Å². The molecule has 1 N–H and O–H groups in total. The average molecular weight is 219 g/mol. The second-order valence-corrected chi connectivity index (χ2v) is 4.68. The van der Waals surface area contributed by atoms with E-state index in [9.17, 15) is 0 Å². The fraction of sp³-hybridized carbons (Fsp3) is 0.571. The van der Waals surface area contributed by atoms with Gasteiger partial charge in [0, 0.05) is 13.7 Å². The Kier molecular flexibility index (Phi) is 3.97. The van der Waals surface area contributed by atoms with E-state index >= 15 is 0 Å². The van der Waals surface area contributed by atoms with Crippen molar-refractivity contribution in [3.63, 3.8) is 0 Å². The lowest BCUT2D eigenvalue weighted by molar-refractivity contribution is 0.119. The van der Waals surface area contributed by atoms with E-state index in [1.807, 2.05) is 0 Å². The van der Waals surface area contributed by atoms with Crippen molar-refractivity contribution in [2.24, 2.45) is 0 Å². The number of methoxy groups -OCH3 is 1. The lowest BCUT2D eigenvalue weighted by Gasteiger charge is -2.12. The molecule has 1 fully saturated rings. The largest absolute Gasteiger partial charge is 0.381 e. The summed E-state index contributed by atoms with van der Waals surface area (Å²) >= 11 is 0. The second-order valence-electron chi connectivity index (χ2n) is 4.68. The maximum atomic E-state index is 5.27. The maximum Gasteiger partial charge on any atom is 0.0583 e.